The molecule has 1 aromatic heterocycles. The first kappa shape index (κ1) is 11.1. The summed E-state index contributed by atoms with van der Waals surface area (Å²) in [5.41, 5.74) is 0. The number of aromatic nitrogens is 3. The van der Waals surface area contributed by atoms with Crippen LogP contribution in [0.15, 0.2) is 6.33 Å². The van der Waals surface area contributed by atoms with Gasteiger partial charge in [0.05, 0.1) is 6.54 Å². The van der Waals surface area contributed by atoms with Crippen LogP contribution in [0, 0.1) is 0 Å². The maximum Gasteiger partial charge on any atom is 0.140 e. The van der Waals surface area contributed by atoms with E-state index < -0.39 is 0 Å². The summed E-state index contributed by atoms with van der Waals surface area (Å²) in [7, 11) is 4.05. The van der Waals surface area contributed by atoms with Crippen molar-refractivity contribution in [3.05, 3.63) is 12.2 Å². The Morgan fingerprint density at radius 2 is 2.36 bits per heavy atom. The Bertz CT molecular complexity index is 257. The van der Waals surface area contributed by atoms with Crippen LogP contribution >= 0.6 is 0 Å². The fourth-order valence-corrected chi connectivity index (χ4v) is 1.30. The number of nitrogens with zero attached hydrogens (tertiary/aromatic N) is 4. The first-order valence-electron chi connectivity index (χ1n) is 4.97. The largest absolute Gasteiger partial charge is 0.318 e. The molecule has 0 bridgehead atoms. The van der Waals surface area contributed by atoms with E-state index in [1.807, 2.05) is 11.7 Å². The molecule has 0 unspecified atom stereocenters. The quantitative estimate of drug-likeness (QED) is 0.694. The second-order valence-corrected chi connectivity index (χ2v) is 3.33. The number of rotatable bonds is 6. The van der Waals surface area contributed by atoms with Gasteiger partial charge in [-0.05, 0) is 21.0 Å². The molecule has 0 aliphatic carbocycles. The Morgan fingerprint density at radius 3 is 3.00 bits per heavy atom. The van der Waals surface area contributed by atoms with Gasteiger partial charge < -0.3 is 5.32 Å². The fraction of sp³-hybridized carbons (Fsp3) is 0.778. The van der Waals surface area contributed by atoms with Crippen molar-refractivity contribution >= 4 is 0 Å². The smallest absolute Gasteiger partial charge is 0.140 e. The summed E-state index contributed by atoms with van der Waals surface area (Å²) in [6, 6.07) is 0. The minimum Gasteiger partial charge on any atom is -0.318 e. The van der Waals surface area contributed by atoms with Gasteiger partial charge in [0.1, 0.15) is 12.2 Å². The van der Waals surface area contributed by atoms with Gasteiger partial charge in [0.25, 0.3) is 0 Å². The Hall–Kier alpha value is -0.940. The van der Waals surface area contributed by atoms with Crippen LogP contribution < -0.4 is 5.32 Å². The van der Waals surface area contributed by atoms with Crippen LogP contribution in [0.4, 0.5) is 0 Å². The molecule has 5 nitrogen and oxygen atoms in total. The molecule has 0 aliphatic rings. The molecule has 0 saturated carbocycles. The predicted molar refractivity (Wildman–Crippen MR) is 56.0 cm³/mol. The topological polar surface area (TPSA) is 46.0 Å². The molecule has 1 heterocycles. The highest BCUT2D eigenvalue weighted by atomic mass is 15.3. The van der Waals surface area contributed by atoms with Gasteiger partial charge in [-0.25, -0.2) is 9.67 Å². The minimum atomic E-state index is 0.857. The lowest BCUT2D eigenvalue weighted by molar-refractivity contribution is 0.312. The zero-order chi connectivity index (χ0) is 10.4. The van der Waals surface area contributed by atoms with Gasteiger partial charge in [0, 0.05) is 19.6 Å². The molecule has 1 aromatic rings. The first-order valence-corrected chi connectivity index (χ1v) is 4.97. The summed E-state index contributed by atoms with van der Waals surface area (Å²) in [4.78, 5) is 6.45. The van der Waals surface area contributed by atoms with E-state index in [4.69, 9.17) is 0 Å². The maximum atomic E-state index is 4.22. The van der Waals surface area contributed by atoms with Crippen molar-refractivity contribution in [1.29, 1.82) is 0 Å². The standard InChI is InChI=1S/C9H19N5/c1-4-14-9(11-8-12-14)7-13(3)6-5-10-2/h8,10H,4-7H2,1-3H3. The molecule has 0 radical (unpaired) electrons. The molecule has 0 fully saturated rings. The van der Waals surface area contributed by atoms with Gasteiger partial charge in [-0.1, -0.05) is 0 Å². The van der Waals surface area contributed by atoms with Crippen LogP contribution in [0.25, 0.3) is 0 Å². The SMILES string of the molecule is CCn1ncnc1CN(C)CCNC. The Kier molecular flexibility index (Phi) is 4.55. The molecular weight excluding hydrogens is 178 g/mol. The lowest BCUT2D eigenvalue weighted by Crippen LogP contribution is -2.28. The van der Waals surface area contributed by atoms with E-state index in [2.05, 4.69) is 34.3 Å². The van der Waals surface area contributed by atoms with Crippen LogP contribution in [0.2, 0.25) is 0 Å². The van der Waals surface area contributed by atoms with Crippen LogP contribution in [-0.2, 0) is 13.1 Å². The monoisotopic (exact) mass is 197 g/mol. The van der Waals surface area contributed by atoms with E-state index >= 15 is 0 Å². The van der Waals surface area contributed by atoms with Crippen molar-refractivity contribution in [2.75, 3.05) is 27.2 Å². The van der Waals surface area contributed by atoms with Crippen LogP contribution in [0.3, 0.4) is 0 Å². The van der Waals surface area contributed by atoms with Gasteiger partial charge in [0.15, 0.2) is 0 Å². The Balaban J connectivity index is 2.42. The molecular formula is C9H19N5. The van der Waals surface area contributed by atoms with Gasteiger partial charge in [-0.2, -0.15) is 5.10 Å². The minimum absolute atomic E-state index is 0.857. The van der Waals surface area contributed by atoms with Gasteiger partial charge in [-0.3, -0.25) is 4.90 Å². The summed E-state index contributed by atoms with van der Waals surface area (Å²) in [6.07, 6.45) is 1.62. The molecule has 5 heteroatoms. The lowest BCUT2D eigenvalue weighted by Gasteiger charge is -2.15. The molecule has 0 amide bonds. The third-order valence-corrected chi connectivity index (χ3v) is 2.15. The third-order valence-electron chi connectivity index (χ3n) is 2.15. The molecule has 0 atom stereocenters. The van der Waals surface area contributed by atoms with Gasteiger partial charge >= 0.3 is 0 Å². The van der Waals surface area contributed by atoms with E-state index in [1.165, 1.54) is 0 Å². The van der Waals surface area contributed by atoms with E-state index in [0.717, 1.165) is 32.0 Å². The molecule has 1 N–H and O–H groups in total. The van der Waals surface area contributed by atoms with Crippen molar-refractivity contribution in [3.8, 4) is 0 Å². The highest BCUT2D eigenvalue weighted by molar-refractivity contribution is 4.83. The summed E-state index contributed by atoms with van der Waals surface area (Å²) in [5.74, 6) is 1.03. The van der Waals surface area contributed by atoms with Crippen LogP contribution in [-0.4, -0.2) is 46.8 Å². The van der Waals surface area contributed by atoms with Crippen LogP contribution in [0.1, 0.15) is 12.7 Å². The lowest BCUT2D eigenvalue weighted by atomic mass is 10.4. The van der Waals surface area contributed by atoms with Gasteiger partial charge in [0.2, 0.25) is 0 Å². The van der Waals surface area contributed by atoms with E-state index in [9.17, 15) is 0 Å². The number of nitrogens with one attached hydrogen (secondary N) is 1. The summed E-state index contributed by atoms with van der Waals surface area (Å²) < 4.78 is 1.93. The average molecular weight is 197 g/mol. The van der Waals surface area contributed by atoms with Crippen molar-refractivity contribution in [3.63, 3.8) is 0 Å². The zero-order valence-corrected chi connectivity index (χ0v) is 9.19. The molecule has 80 valence electrons. The molecule has 0 aliphatic heterocycles. The van der Waals surface area contributed by atoms with Crippen molar-refractivity contribution < 1.29 is 0 Å². The second kappa shape index (κ2) is 5.72. The molecule has 0 saturated heterocycles. The summed E-state index contributed by atoms with van der Waals surface area (Å²) in [5, 5.41) is 7.25. The molecule has 0 aromatic carbocycles. The van der Waals surface area contributed by atoms with Crippen molar-refractivity contribution in [1.82, 2.24) is 25.0 Å². The normalized spacial score (nSPS) is 11.1. The van der Waals surface area contributed by atoms with Crippen molar-refractivity contribution in [2.24, 2.45) is 0 Å². The van der Waals surface area contributed by atoms with E-state index in [1.54, 1.807) is 6.33 Å². The number of hydrogen-bond donors (Lipinski definition) is 1. The average Bonchev–Trinajstić information content (AvgIpc) is 2.62. The summed E-state index contributed by atoms with van der Waals surface area (Å²) in [6.45, 7) is 5.83. The fourth-order valence-electron chi connectivity index (χ4n) is 1.30. The summed E-state index contributed by atoms with van der Waals surface area (Å²) >= 11 is 0. The highest BCUT2D eigenvalue weighted by Crippen LogP contribution is 1.97. The first-order chi connectivity index (χ1) is 6.77. The third kappa shape index (κ3) is 3.08. The van der Waals surface area contributed by atoms with Gasteiger partial charge in [-0.15, -0.1) is 0 Å². The van der Waals surface area contributed by atoms with E-state index in [-0.39, 0.29) is 0 Å². The molecule has 14 heavy (non-hydrogen) atoms. The van der Waals surface area contributed by atoms with E-state index in [0.29, 0.717) is 0 Å². The Morgan fingerprint density at radius 1 is 1.57 bits per heavy atom. The number of aryl methyl sites for hydroxylation is 1. The van der Waals surface area contributed by atoms with Crippen LogP contribution in [0.5, 0.6) is 0 Å². The second-order valence-electron chi connectivity index (χ2n) is 3.33. The molecule has 1 rings (SSSR count). The van der Waals surface area contributed by atoms with Crippen molar-refractivity contribution in [2.45, 2.75) is 20.0 Å². The number of likely N-dealkylation sites (N-methyl/N-ethyl adjacent to an activating group) is 2. The zero-order valence-electron chi connectivity index (χ0n) is 9.19. The molecule has 0 spiro atoms. The maximum absolute atomic E-state index is 4.22. The highest BCUT2D eigenvalue weighted by Gasteiger charge is 2.05. The number of hydrogen-bond acceptors (Lipinski definition) is 4. The predicted octanol–water partition coefficient (Wildman–Crippen LogP) is -0.0508. The Labute approximate surface area is 85.1 Å².